The van der Waals surface area contributed by atoms with E-state index in [0.29, 0.717) is 0 Å². The van der Waals surface area contributed by atoms with E-state index >= 15 is 0 Å². The van der Waals surface area contributed by atoms with Crippen LogP contribution in [0.4, 0.5) is 11.4 Å². The third-order valence-electron chi connectivity index (χ3n) is 5.92. The second kappa shape index (κ2) is 6.39. The van der Waals surface area contributed by atoms with E-state index < -0.39 is 0 Å². The van der Waals surface area contributed by atoms with Crippen molar-refractivity contribution in [2.75, 3.05) is 4.90 Å². The van der Waals surface area contributed by atoms with Gasteiger partial charge in [0.05, 0.1) is 11.4 Å². The van der Waals surface area contributed by atoms with E-state index in [-0.39, 0.29) is 5.54 Å². The summed E-state index contributed by atoms with van der Waals surface area (Å²) < 4.78 is 12.8. The van der Waals surface area contributed by atoms with Crippen molar-refractivity contribution in [3.63, 3.8) is 0 Å². The maximum atomic E-state index is 6.38. The fourth-order valence-electron chi connectivity index (χ4n) is 4.67. The molecule has 0 fully saturated rings. The van der Waals surface area contributed by atoms with Gasteiger partial charge >= 0.3 is 0 Å². The highest BCUT2D eigenvalue weighted by Crippen LogP contribution is 2.44. The quantitative estimate of drug-likeness (QED) is 0.289. The summed E-state index contributed by atoms with van der Waals surface area (Å²) in [6.07, 6.45) is 0. The molecule has 0 saturated carbocycles. The first-order valence-corrected chi connectivity index (χ1v) is 10.6. The Morgan fingerprint density at radius 1 is 0.516 bits per heavy atom. The van der Waals surface area contributed by atoms with E-state index in [4.69, 9.17) is 8.83 Å². The van der Waals surface area contributed by atoms with Crippen LogP contribution in [0, 0.1) is 0 Å². The topological polar surface area (TPSA) is 29.5 Å². The zero-order valence-electron chi connectivity index (χ0n) is 17.8. The Morgan fingerprint density at radius 2 is 0.935 bits per heavy atom. The zero-order chi connectivity index (χ0) is 21.2. The van der Waals surface area contributed by atoms with Crippen LogP contribution in [0.1, 0.15) is 20.8 Å². The number of rotatable bonds is 2. The fraction of sp³-hybridized carbons (Fsp3) is 0.143. The van der Waals surface area contributed by atoms with Crippen LogP contribution in [0.15, 0.2) is 93.8 Å². The molecule has 2 aromatic heterocycles. The predicted molar refractivity (Wildman–Crippen MR) is 129 cm³/mol. The lowest BCUT2D eigenvalue weighted by Gasteiger charge is -2.37. The van der Waals surface area contributed by atoms with Crippen LogP contribution in [0.25, 0.3) is 43.9 Å². The van der Waals surface area contributed by atoms with Crippen molar-refractivity contribution >= 4 is 55.3 Å². The first kappa shape index (κ1) is 18.1. The Balaban J connectivity index is 1.69. The molecule has 0 aliphatic rings. The average molecular weight is 405 g/mol. The van der Waals surface area contributed by atoms with E-state index in [2.05, 4.69) is 86.3 Å². The molecule has 152 valence electrons. The number of para-hydroxylation sites is 4. The molecule has 0 unspecified atom stereocenters. The van der Waals surface area contributed by atoms with Gasteiger partial charge in [-0.15, -0.1) is 0 Å². The highest BCUT2D eigenvalue weighted by atomic mass is 16.3. The molecule has 31 heavy (non-hydrogen) atoms. The van der Waals surface area contributed by atoms with Crippen molar-refractivity contribution in [3.8, 4) is 0 Å². The second-order valence-electron chi connectivity index (χ2n) is 9.01. The summed E-state index contributed by atoms with van der Waals surface area (Å²) in [7, 11) is 0. The van der Waals surface area contributed by atoms with Gasteiger partial charge in [0, 0.05) is 27.1 Å². The van der Waals surface area contributed by atoms with Crippen molar-refractivity contribution < 1.29 is 8.83 Å². The lowest BCUT2D eigenvalue weighted by atomic mass is 10.0. The predicted octanol–water partition coefficient (Wildman–Crippen LogP) is 8.42. The van der Waals surface area contributed by atoms with E-state index in [9.17, 15) is 0 Å². The molecule has 3 heteroatoms. The van der Waals surface area contributed by atoms with Crippen LogP contribution in [0.5, 0.6) is 0 Å². The van der Waals surface area contributed by atoms with Gasteiger partial charge in [0.2, 0.25) is 0 Å². The van der Waals surface area contributed by atoms with Crippen molar-refractivity contribution in [1.82, 2.24) is 0 Å². The molecule has 0 atom stereocenters. The molecule has 2 heterocycles. The molecular weight excluding hydrogens is 382 g/mol. The van der Waals surface area contributed by atoms with Gasteiger partial charge in [-0.1, -0.05) is 60.7 Å². The van der Waals surface area contributed by atoms with Crippen LogP contribution in [-0.4, -0.2) is 5.54 Å². The summed E-state index contributed by atoms with van der Waals surface area (Å²) in [5.74, 6) is 0. The summed E-state index contributed by atoms with van der Waals surface area (Å²) in [4.78, 5) is 2.34. The van der Waals surface area contributed by atoms with Gasteiger partial charge < -0.3 is 13.7 Å². The van der Waals surface area contributed by atoms with Gasteiger partial charge in [-0.05, 0) is 45.0 Å². The number of benzene rings is 4. The number of anilines is 2. The van der Waals surface area contributed by atoms with Gasteiger partial charge in [-0.2, -0.15) is 0 Å². The molecular formula is C28H23NO2. The highest BCUT2D eigenvalue weighted by Gasteiger charge is 2.29. The first-order valence-electron chi connectivity index (χ1n) is 10.6. The Bertz CT molecular complexity index is 1470. The van der Waals surface area contributed by atoms with Crippen LogP contribution in [-0.2, 0) is 0 Å². The van der Waals surface area contributed by atoms with Crippen molar-refractivity contribution in [3.05, 3.63) is 84.9 Å². The van der Waals surface area contributed by atoms with Crippen LogP contribution < -0.4 is 4.90 Å². The number of fused-ring (bicyclic) bond motifs is 6. The van der Waals surface area contributed by atoms with Gasteiger partial charge in [0.15, 0.2) is 11.2 Å². The highest BCUT2D eigenvalue weighted by molar-refractivity contribution is 6.12. The van der Waals surface area contributed by atoms with Gasteiger partial charge in [0.25, 0.3) is 0 Å². The minimum atomic E-state index is -0.208. The normalized spacial score (nSPS) is 12.4. The largest absolute Gasteiger partial charge is 0.454 e. The lowest BCUT2D eigenvalue weighted by Crippen LogP contribution is -2.37. The molecule has 0 aliphatic carbocycles. The molecule has 4 aromatic carbocycles. The first-order chi connectivity index (χ1) is 15.0. The average Bonchev–Trinajstić information content (AvgIpc) is 3.33. The smallest absolute Gasteiger partial charge is 0.159 e. The SMILES string of the molecule is CC(C)(C)N(c1cccc2c1oc1ccccc12)c1cccc2c1oc1ccccc12. The second-order valence-corrected chi connectivity index (χ2v) is 9.01. The molecule has 3 nitrogen and oxygen atoms in total. The van der Waals surface area contributed by atoms with Gasteiger partial charge in [-0.3, -0.25) is 0 Å². The number of hydrogen-bond acceptors (Lipinski definition) is 3. The Kier molecular flexibility index (Phi) is 3.73. The van der Waals surface area contributed by atoms with Gasteiger partial charge in [-0.25, -0.2) is 0 Å². The standard InChI is InChI=1S/C28H23NO2/c1-28(2,3)29(22-14-8-12-20-18-10-4-6-16-24(18)30-26(20)22)23-15-9-13-21-19-11-5-7-17-25(19)31-27(21)23/h4-17H,1-3H3. The molecule has 0 saturated heterocycles. The van der Waals surface area contributed by atoms with Crippen LogP contribution in [0.2, 0.25) is 0 Å². The summed E-state index contributed by atoms with van der Waals surface area (Å²) in [5.41, 5.74) is 5.46. The molecule has 0 aliphatic heterocycles. The van der Waals surface area contributed by atoms with Crippen molar-refractivity contribution in [2.45, 2.75) is 26.3 Å². The monoisotopic (exact) mass is 405 g/mol. The maximum Gasteiger partial charge on any atom is 0.159 e. The van der Waals surface area contributed by atoms with Crippen LogP contribution in [0.3, 0.4) is 0 Å². The molecule has 0 spiro atoms. The maximum absolute atomic E-state index is 6.38. The third kappa shape index (κ3) is 2.66. The summed E-state index contributed by atoms with van der Waals surface area (Å²) in [6, 6.07) is 29.2. The summed E-state index contributed by atoms with van der Waals surface area (Å²) >= 11 is 0. The van der Waals surface area contributed by atoms with Crippen molar-refractivity contribution in [2.24, 2.45) is 0 Å². The molecule has 0 N–H and O–H groups in total. The van der Waals surface area contributed by atoms with Crippen molar-refractivity contribution in [1.29, 1.82) is 0 Å². The van der Waals surface area contributed by atoms with E-state index in [1.54, 1.807) is 0 Å². The summed E-state index contributed by atoms with van der Waals surface area (Å²) in [6.45, 7) is 6.65. The van der Waals surface area contributed by atoms with E-state index in [1.165, 1.54) is 0 Å². The Labute approximate surface area is 180 Å². The molecule has 0 amide bonds. The Hall–Kier alpha value is -3.72. The number of furan rings is 2. The zero-order valence-corrected chi connectivity index (χ0v) is 17.8. The molecule has 0 radical (unpaired) electrons. The van der Waals surface area contributed by atoms with E-state index in [1.807, 2.05) is 24.3 Å². The minimum absolute atomic E-state index is 0.208. The number of nitrogens with zero attached hydrogens (tertiary/aromatic N) is 1. The third-order valence-corrected chi connectivity index (χ3v) is 5.92. The molecule has 6 aromatic rings. The molecule has 6 rings (SSSR count). The molecule has 0 bridgehead atoms. The lowest BCUT2D eigenvalue weighted by molar-refractivity contribution is 0.554. The van der Waals surface area contributed by atoms with Crippen LogP contribution >= 0.6 is 0 Å². The van der Waals surface area contributed by atoms with E-state index in [0.717, 1.165) is 55.3 Å². The Morgan fingerprint density at radius 3 is 1.39 bits per heavy atom. The summed E-state index contributed by atoms with van der Waals surface area (Å²) in [5, 5.41) is 4.52. The fourth-order valence-corrected chi connectivity index (χ4v) is 4.67. The number of hydrogen-bond donors (Lipinski definition) is 0. The minimum Gasteiger partial charge on any atom is -0.454 e. The van der Waals surface area contributed by atoms with Gasteiger partial charge in [0.1, 0.15) is 11.2 Å².